The number of hydrogen-bond donors (Lipinski definition) is 1. The van der Waals surface area contributed by atoms with Crippen LogP contribution in [0.3, 0.4) is 0 Å². The average Bonchev–Trinajstić information content (AvgIpc) is 2.48. The molecule has 0 spiro atoms. The van der Waals surface area contributed by atoms with Gasteiger partial charge >= 0.3 is 0 Å². The molecule has 1 aliphatic heterocycles. The second kappa shape index (κ2) is 6.89. The van der Waals surface area contributed by atoms with Crippen molar-refractivity contribution in [3.05, 3.63) is 29.6 Å². The van der Waals surface area contributed by atoms with E-state index in [1.54, 1.807) is 17.8 Å². The van der Waals surface area contributed by atoms with Crippen molar-refractivity contribution >= 4 is 21.8 Å². The summed E-state index contributed by atoms with van der Waals surface area (Å²) in [6.07, 6.45) is 6.21. The van der Waals surface area contributed by atoms with Gasteiger partial charge in [0.2, 0.25) is 10.0 Å². The van der Waals surface area contributed by atoms with E-state index in [9.17, 15) is 12.8 Å². The van der Waals surface area contributed by atoms with Crippen LogP contribution in [-0.4, -0.2) is 19.9 Å². The molecule has 1 N–H and O–H groups in total. The van der Waals surface area contributed by atoms with Crippen molar-refractivity contribution < 1.29 is 12.8 Å². The smallest absolute Gasteiger partial charge is 0.212 e. The number of halogens is 1. The Labute approximate surface area is 136 Å². The highest BCUT2D eigenvalue weighted by molar-refractivity contribution is 7.99. The van der Waals surface area contributed by atoms with Crippen LogP contribution in [-0.2, 0) is 10.0 Å². The van der Waals surface area contributed by atoms with Crippen molar-refractivity contribution in [2.45, 2.75) is 49.5 Å². The summed E-state index contributed by atoms with van der Waals surface area (Å²) < 4.78 is 41.2. The maximum Gasteiger partial charge on any atom is 0.212 e. The van der Waals surface area contributed by atoms with Gasteiger partial charge in [-0.15, -0.1) is 11.8 Å². The predicted octanol–water partition coefficient (Wildman–Crippen LogP) is 3.86. The van der Waals surface area contributed by atoms with E-state index in [0.29, 0.717) is 6.42 Å². The van der Waals surface area contributed by atoms with Crippen LogP contribution in [0.25, 0.3) is 0 Å². The summed E-state index contributed by atoms with van der Waals surface area (Å²) in [5, 5.41) is 0. The number of sulfonamides is 1. The predicted molar refractivity (Wildman–Crippen MR) is 88.0 cm³/mol. The normalized spacial score (nSPS) is 23.2. The standard InChI is InChI=1S/C16H22FNO2S2/c17-13-6-7-16-14(10-13)15(8-9-21-16)18-22(19,20)11-12-4-2-1-3-5-12/h6-7,10,12,15,18H,1-5,8-9,11H2/t15-/m1/s1. The van der Waals surface area contributed by atoms with Gasteiger partial charge in [0.1, 0.15) is 5.82 Å². The first-order valence-electron chi connectivity index (χ1n) is 7.96. The van der Waals surface area contributed by atoms with Crippen molar-refractivity contribution in [1.82, 2.24) is 4.72 Å². The topological polar surface area (TPSA) is 46.2 Å². The first-order valence-corrected chi connectivity index (χ1v) is 10.6. The van der Waals surface area contributed by atoms with E-state index in [0.717, 1.165) is 41.9 Å². The van der Waals surface area contributed by atoms with Gasteiger partial charge in [0.25, 0.3) is 0 Å². The van der Waals surface area contributed by atoms with Gasteiger partial charge < -0.3 is 0 Å². The second-order valence-corrected chi connectivity index (χ2v) is 9.21. The first kappa shape index (κ1) is 16.3. The maximum absolute atomic E-state index is 13.5. The van der Waals surface area contributed by atoms with Crippen molar-refractivity contribution in [2.75, 3.05) is 11.5 Å². The molecule has 0 saturated heterocycles. The number of fused-ring (bicyclic) bond motifs is 1. The molecule has 1 heterocycles. The fourth-order valence-electron chi connectivity index (χ4n) is 3.42. The zero-order chi connectivity index (χ0) is 15.6. The molecule has 1 fully saturated rings. The molecular weight excluding hydrogens is 321 g/mol. The van der Waals surface area contributed by atoms with Gasteiger partial charge in [-0.05, 0) is 54.7 Å². The van der Waals surface area contributed by atoms with E-state index >= 15 is 0 Å². The number of benzene rings is 1. The quantitative estimate of drug-likeness (QED) is 0.903. The molecule has 1 atom stereocenters. The average molecular weight is 343 g/mol. The Morgan fingerprint density at radius 3 is 2.73 bits per heavy atom. The van der Waals surface area contributed by atoms with Gasteiger partial charge in [-0.25, -0.2) is 17.5 Å². The molecule has 0 aromatic heterocycles. The zero-order valence-corrected chi connectivity index (χ0v) is 14.2. The Balaban J connectivity index is 1.71. The van der Waals surface area contributed by atoms with Gasteiger partial charge in [-0.2, -0.15) is 0 Å². The highest BCUT2D eigenvalue weighted by Crippen LogP contribution is 2.37. The van der Waals surface area contributed by atoms with Crippen molar-refractivity contribution in [1.29, 1.82) is 0 Å². The molecule has 122 valence electrons. The van der Waals surface area contributed by atoms with E-state index in [1.165, 1.54) is 18.6 Å². The van der Waals surface area contributed by atoms with Crippen LogP contribution in [0, 0.1) is 11.7 Å². The Kier molecular flexibility index (Phi) is 5.10. The third kappa shape index (κ3) is 4.03. The van der Waals surface area contributed by atoms with Crippen LogP contribution >= 0.6 is 11.8 Å². The highest BCUT2D eigenvalue weighted by atomic mass is 32.2. The lowest BCUT2D eigenvalue weighted by molar-refractivity contribution is 0.383. The third-order valence-electron chi connectivity index (χ3n) is 4.51. The molecule has 0 amide bonds. The molecule has 1 aromatic rings. The van der Waals surface area contributed by atoms with Crippen molar-refractivity contribution in [3.8, 4) is 0 Å². The Bertz CT molecular complexity index is 627. The monoisotopic (exact) mass is 343 g/mol. The number of hydrogen-bond acceptors (Lipinski definition) is 3. The molecule has 0 radical (unpaired) electrons. The largest absolute Gasteiger partial charge is 0.212 e. The molecule has 0 bridgehead atoms. The Morgan fingerprint density at radius 2 is 1.95 bits per heavy atom. The SMILES string of the molecule is O=S(=O)(CC1CCCCC1)N[C@@H]1CCSc2ccc(F)cc21. The van der Waals surface area contributed by atoms with E-state index < -0.39 is 10.0 Å². The van der Waals surface area contributed by atoms with Gasteiger partial charge in [-0.1, -0.05) is 19.3 Å². The molecule has 0 unspecified atom stereocenters. The fraction of sp³-hybridized carbons (Fsp3) is 0.625. The molecule has 1 aliphatic carbocycles. The number of thioether (sulfide) groups is 1. The Morgan fingerprint density at radius 1 is 1.18 bits per heavy atom. The van der Waals surface area contributed by atoms with Crippen LogP contribution in [0.1, 0.15) is 50.1 Å². The molecule has 3 nitrogen and oxygen atoms in total. The van der Waals surface area contributed by atoms with Crippen molar-refractivity contribution in [3.63, 3.8) is 0 Å². The summed E-state index contributed by atoms with van der Waals surface area (Å²) >= 11 is 1.66. The number of nitrogens with one attached hydrogen (secondary N) is 1. The van der Waals surface area contributed by atoms with Gasteiger partial charge in [-0.3, -0.25) is 0 Å². The summed E-state index contributed by atoms with van der Waals surface area (Å²) in [6, 6.07) is 4.36. The summed E-state index contributed by atoms with van der Waals surface area (Å²) in [6.45, 7) is 0. The minimum Gasteiger partial charge on any atom is -0.212 e. The van der Waals surface area contributed by atoms with Crippen LogP contribution in [0.2, 0.25) is 0 Å². The first-order chi connectivity index (χ1) is 10.5. The van der Waals surface area contributed by atoms with Crippen LogP contribution in [0.5, 0.6) is 0 Å². The summed E-state index contributed by atoms with van der Waals surface area (Å²) in [4.78, 5) is 0.984. The van der Waals surface area contributed by atoms with Crippen LogP contribution in [0.15, 0.2) is 23.1 Å². The molecular formula is C16H22FNO2S2. The van der Waals surface area contributed by atoms with E-state index in [1.807, 2.05) is 0 Å². The zero-order valence-electron chi connectivity index (χ0n) is 12.6. The number of rotatable bonds is 4. The summed E-state index contributed by atoms with van der Waals surface area (Å²) in [7, 11) is -3.32. The summed E-state index contributed by atoms with van der Waals surface area (Å²) in [5.74, 6) is 1.03. The van der Waals surface area contributed by atoms with Gasteiger partial charge in [0.05, 0.1) is 5.75 Å². The van der Waals surface area contributed by atoms with E-state index in [2.05, 4.69) is 4.72 Å². The highest BCUT2D eigenvalue weighted by Gasteiger charge is 2.28. The molecule has 1 saturated carbocycles. The van der Waals surface area contributed by atoms with Gasteiger partial charge in [0.15, 0.2) is 0 Å². The van der Waals surface area contributed by atoms with Gasteiger partial charge in [0, 0.05) is 10.9 Å². The fourth-order valence-corrected chi connectivity index (χ4v) is 6.25. The molecule has 2 aliphatic rings. The van der Waals surface area contributed by atoms with Crippen LogP contribution in [0.4, 0.5) is 4.39 Å². The molecule has 6 heteroatoms. The third-order valence-corrected chi connectivity index (χ3v) is 7.19. The lowest BCUT2D eigenvalue weighted by atomic mass is 9.91. The maximum atomic E-state index is 13.5. The second-order valence-electron chi connectivity index (χ2n) is 6.28. The molecule has 1 aromatic carbocycles. The minimum atomic E-state index is -3.32. The lowest BCUT2D eigenvalue weighted by Gasteiger charge is -2.27. The molecule has 3 rings (SSSR count). The lowest BCUT2D eigenvalue weighted by Crippen LogP contribution is -2.35. The summed E-state index contributed by atoms with van der Waals surface area (Å²) in [5.41, 5.74) is 0.781. The Hall–Kier alpha value is -0.590. The van der Waals surface area contributed by atoms with Crippen LogP contribution < -0.4 is 4.72 Å². The van der Waals surface area contributed by atoms with E-state index in [4.69, 9.17) is 0 Å². The van der Waals surface area contributed by atoms with Crippen molar-refractivity contribution in [2.24, 2.45) is 5.92 Å². The van der Waals surface area contributed by atoms with E-state index in [-0.39, 0.29) is 23.5 Å². The minimum absolute atomic E-state index is 0.210. The molecule has 22 heavy (non-hydrogen) atoms.